The molecule has 0 aliphatic heterocycles. The second-order valence-corrected chi connectivity index (χ2v) is 5.68. The van der Waals surface area contributed by atoms with Crippen LogP contribution in [0.3, 0.4) is 0 Å². The first-order valence-electron chi connectivity index (χ1n) is 6.62. The van der Waals surface area contributed by atoms with Gasteiger partial charge in [0.1, 0.15) is 0 Å². The Hall–Kier alpha value is -0.980. The van der Waals surface area contributed by atoms with Crippen molar-refractivity contribution < 1.29 is 0 Å². The molecule has 2 fully saturated rings. The van der Waals surface area contributed by atoms with Crippen molar-refractivity contribution in [3.8, 4) is 0 Å². The lowest BCUT2D eigenvalue weighted by atomic mass is 9.89. The number of rotatable bonds is 3. The molecule has 1 N–H and O–H groups in total. The summed E-state index contributed by atoms with van der Waals surface area (Å²) in [5, 5.41) is 3.60. The average molecular weight is 215 g/mol. The van der Waals surface area contributed by atoms with Crippen LogP contribution >= 0.6 is 0 Å². The first-order valence-corrected chi connectivity index (χ1v) is 6.62. The van der Waals surface area contributed by atoms with Gasteiger partial charge in [-0.25, -0.2) is 0 Å². The third-order valence-electron chi connectivity index (χ3n) is 4.50. The van der Waals surface area contributed by atoms with Crippen LogP contribution in [-0.4, -0.2) is 6.54 Å². The average Bonchev–Trinajstić information content (AvgIpc) is 2.90. The highest BCUT2D eigenvalue weighted by Crippen LogP contribution is 2.48. The van der Waals surface area contributed by atoms with Gasteiger partial charge in [0.05, 0.1) is 0 Å². The summed E-state index contributed by atoms with van der Waals surface area (Å²) >= 11 is 0. The summed E-state index contributed by atoms with van der Waals surface area (Å²) in [6, 6.07) is 8.76. The second kappa shape index (κ2) is 4.12. The van der Waals surface area contributed by atoms with Crippen LogP contribution in [0.15, 0.2) is 24.3 Å². The maximum Gasteiger partial charge on any atom is 0.0340 e. The van der Waals surface area contributed by atoms with Gasteiger partial charge in [-0.3, -0.25) is 0 Å². The molecule has 16 heavy (non-hydrogen) atoms. The zero-order valence-electron chi connectivity index (χ0n) is 10.1. The highest BCUT2D eigenvalue weighted by molar-refractivity contribution is 5.44. The summed E-state index contributed by atoms with van der Waals surface area (Å²) < 4.78 is 0. The molecule has 0 heterocycles. The van der Waals surface area contributed by atoms with E-state index in [0.717, 1.165) is 17.8 Å². The molecule has 0 aromatic heterocycles. The van der Waals surface area contributed by atoms with E-state index < -0.39 is 0 Å². The molecule has 2 saturated carbocycles. The first-order chi connectivity index (χ1) is 7.81. The van der Waals surface area contributed by atoms with Crippen molar-refractivity contribution >= 4 is 5.69 Å². The van der Waals surface area contributed by atoms with E-state index in [2.05, 4.69) is 36.5 Å². The Kier molecular flexibility index (Phi) is 2.62. The van der Waals surface area contributed by atoms with E-state index >= 15 is 0 Å². The standard InChI is InChI=1S/C15H21N/c1-11-2-6-15(7-3-11)16-10-14-9-12-4-5-13(14)8-12/h2-3,6-7,12-14,16H,4-5,8-10H2,1H3. The minimum absolute atomic E-state index is 0.944. The Bertz CT molecular complexity index is 354. The molecule has 3 atom stereocenters. The molecule has 3 unspecified atom stereocenters. The number of nitrogens with one attached hydrogen (secondary N) is 1. The smallest absolute Gasteiger partial charge is 0.0340 e. The minimum atomic E-state index is 0.944. The van der Waals surface area contributed by atoms with Gasteiger partial charge in [0.25, 0.3) is 0 Å². The SMILES string of the molecule is Cc1ccc(NCC2CC3CCC2C3)cc1. The summed E-state index contributed by atoms with van der Waals surface area (Å²) in [5.41, 5.74) is 2.62. The summed E-state index contributed by atoms with van der Waals surface area (Å²) in [6.07, 6.45) is 5.99. The van der Waals surface area contributed by atoms with Gasteiger partial charge in [-0.1, -0.05) is 24.1 Å². The molecular weight excluding hydrogens is 194 g/mol. The van der Waals surface area contributed by atoms with Crippen molar-refractivity contribution in [2.75, 3.05) is 11.9 Å². The number of benzene rings is 1. The third kappa shape index (κ3) is 1.95. The first kappa shape index (κ1) is 10.2. The molecule has 1 nitrogen and oxygen atoms in total. The zero-order chi connectivity index (χ0) is 11.0. The van der Waals surface area contributed by atoms with Gasteiger partial charge in [0.15, 0.2) is 0 Å². The van der Waals surface area contributed by atoms with E-state index in [1.807, 2.05) is 0 Å². The Morgan fingerprint density at radius 1 is 1.12 bits per heavy atom. The van der Waals surface area contributed by atoms with Crippen molar-refractivity contribution in [2.45, 2.75) is 32.6 Å². The topological polar surface area (TPSA) is 12.0 Å². The number of fused-ring (bicyclic) bond motifs is 2. The molecule has 2 aliphatic rings. The molecular formula is C15H21N. The van der Waals surface area contributed by atoms with E-state index in [-0.39, 0.29) is 0 Å². The summed E-state index contributed by atoms with van der Waals surface area (Å²) in [7, 11) is 0. The predicted molar refractivity (Wildman–Crippen MR) is 68.6 cm³/mol. The number of hydrogen-bond donors (Lipinski definition) is 1. The van der Waals surface area contributed by atoms with Crippen LogP contribution in [0.1, 0.15) is 31.2 Å². The Morgan fingerprint density at radius 2 is 1.94 bits per heavy atom. The molecule has 1 aromatic rings. The van der Waals surface area contributed by atoms with E-state index in [9.17, 15) is 0 Å². The lowest BCUT2D eigenvalue weighted by Gasteiger charge is -2.22. The minimum Gasteiger partial charge on any atom is -0.385 e. The van der Waals surface area contributed by atoms with Crippen LogP contribution in [0.4, 0.5) is 5.69 Å². The number of hydrogen-bond acceptors (Lipinski definition) is 1. The second-order valence-electron chi connectivity index (χ2n) is 5.68. The van der Waals surface area contributed by atoms with Gasteiger partial charge in [0.2, 0.25) is 0 Å². The molecule has 2 aliphatic carbocycles. The van der Waals surface area contributed by atoms with Crippen LogP contribution in [0, 0.1) is 24.7 Å². The van der Waals surface area contributed by atoms with Crippen molar-refractivity contribution in [1.82, 2.24) is 0 Å². The molecule has 3 rings (SSSR count). The summed E-state index contributed by atoms with van der Waals surface area (Å²) in [4.78, 5) is 0. The predicted octanol–water partition coefficient (Wildman–Crippen LogP) is 3.84. The lowest BCUT2D eigenvalue weighted by molar-refractivity contribution is 0.348. The molecule has 1 heteroatoms. The van der Waals surface area contributed by atoms with Gasteiger partial charge in [0, 0.05) is 12.2 Å². The molecule has 0 saturated heterocycles. The molecule has 86 valence electrons. The third-order valence-corrected chi connectivity index (χ3v) is 4.50. The van der Waals surface area contributed by atoms with Gasteiger partial charge in [-0.2, -0.15) is 0 Å². The summed E-state index contributed by atoms with van der Waals surface area (Å²) in [6.45, 7) is 3.32. The van der Waals surface area contributed by atoms with Gasteiger partial charge in [-0.15, -0.1) is 0 Å². The number of anilines is 1. The zero-order valence-corrected chi connectivity index (χ0v) is 10.1. The summed E-state index contributed by atoms with van der Waals surface area (Å²) in [5.74, 6) is 3.04. The molecule has 0 radical (unpaired) electrons. The van der Waals surface area contributed by atoms with E-state index in [1.165, 1.54) is 43.5 Å². The van der Waals surface area contributed by atoms with Crippen molar-refractivity contribution in [3.05, 3.63) is 29.8 Å². The molecule has 1 aromatic carbocycles. The van der Waals surface area contributed by atoms with Crippen LogP contribution < -0.4 is 5.32 Å². The normalized spacial score (nSPS) is 31.9. The maximum atomic E-state index is 3.60. The highest BCUT2D eigenvalue weighted by atomic mass is 14.9. The Balaban J connectivity index is 1.55. The fourth-order valence-electron chi connectivity index (χ4n) is 3.55. The van der Waals surface area contributed by atoms with Gasteiger partial charge in [-0.05, 0) is 56.1 Å². The van der Waals surface area contributed by atoms with Crippen molar-refractivity contribution in [1.29, 1.82) is 0 Å². The van der Waals surface area contributed by atoms with Crippen LogP contribution in [-0.2, 0) is 0 Å². The van der Waals surface area contributed by atoms with Crippen LogP contribution in [0.2, 0.25) is 0 Å². The maximum absolute atomic E-state index is 3.60. The van der Waals surface area contributed by atoms with Crippen molar-refractivity contribution in [3.63, 3.8) is 0 Å². The van der Waals surface area contributed by atoms with Crippen LogP contribution in [0.5, 0.6) is 0 Å². The van der Waals surface area contributed by atoms with E-state index in [4.69, 9.17) is 0 Å². The molecule has 0 amide bonds. The molecule has 0 spiro atoms. The fraction of sp³-hybridized carbons (Fsp3) is 0.600. The highest BCUT2D eigenvalue weighted by Gasteiger charge is 2.38. The molecule has 2 bridgehead atoms. The lowest BCUT2D eigenvalue weighted by Crippen LogP contribution is -2.20. The number of aryl methyl sites for hydroxylation is 1. The largest absolute Gasteiger partial charge is 0.385 e. The van der Waals surface area contributed by atoms with E-state index in [1.54, 1.807) is 0 Å². The Morgan fingerprint density at radius 3 is 2.56 bits per heavy atom. The van der Waals surface area contributed by atoms with Gasteiger partial charge >= 0.3 is 0 Å². The van der Waals surface area contributed by atoms with Crippen LogP contribution in [0.25, 0.3) is 0 Å². The quantitative estimate of drug-likeness (QED) is 0.807. The van der Waals surface area contributed by atoms with Crippen molar-refractivity contribution in [2.24, 2.45) is 17.8 Å². The van der Waals surface area contributed by atoms with Gasteiger partial charge < -0.3 is 5.32 Å². The monoisotopic (exact) mass is 215 g/mol. The van der Waals surface area contributed by atoms with E-state index in [0.29, 0.717) is 0 Å². The Labute approximate surface area is 98.3 Å². The fourth-order valence-corrected chi connectivity index (χ4v) is 3.55.